The zero-order valence-corrected chi connectivity index (χ0v) is 17.7. The van der Waals surface area contributed by atoms with E-state index in [9.17, 15) is 9.59 Å². The van der Waals surface area contributed by atoms with Crippen molar-refractivity contribution in [2.24, 2.45) is 0 Å². The molecule has 0 aliphatic rings. The fourth-order valence-electron chi connectivity index (χ4n) is 2.90. The molecule has 0 amide bonds. The van der Waals surface area contributed by atoms with Gasteiger partial charge in [-0.05, 0) is 64.2 Å². The first-order chi connectivity index (χ1) is 13.9. The standard InChI is InChI=1S/C23H18BrClO4/c24-20-13-19(25)12-18(11-8-15-6-9-17(10-7-15)23(27)28)22(20)29-14-21(26)16-4-2-1-3-5-16/h1-7,9-10,12-13H,8,11,14H2,(H,27,28). The van der Waals surface area contributed by atoms with Crippen molar-refractivity contribution < 1.29 is 19.4 Å². The first-order valence-electron chi connectivity index (χ1n) is 8.95. The number of ketones is 1. The highest BCUT2D eigenvalue weighted by Crippen LogP contribution is 2.34. The molecule has 6 heteroatoms. The molecule has 0 radical (unpaired) electrons. The predicted molar refractivity (Wildman–Crippen MR) is 116 cm³/mol. The molecule has 29 heavy (non-hydrogen) atoms. The summed E-state index contributed by atoms with van der Waals surface area (Å²) in [5.74, 6) is -0.474. The lowest BCUT2D eigenvalue weighted by Crippen LogP contribution is -2.13. The molecule has 0 aliphatic carbocycles. The van der Waals surface area contributed by atoms with E-state index in [4.69, 9.17) is 21.4 Å². The quantitative estimate of drug-likeness (QED) is 0.417. The van der Waals surface area contributed by atoms with E-state index in [1.807, 2.05) is 24.3 Å². The monoisotopic (exact) mass is 472 g/mol. The molecule has 1 N–H and O–H groups in total. The van der Waals surface area contributed by atoms with Gasteiger partial charge < -0.3 is 9.84 Å². The molecule has 0 aliphatic heterocycles. The van der Waals surface area contributed by atoms with E-state index >= 15 is 0 Å². The minimum Gasteiger partial charge on any atom is -0.484 e. The first-order valence-corrected chi connectivity index (χ1v) is 10.1. The predicted octanol–water partition coefficient (Wildman–Crippen LogP) is 5.85. The Balaban J connectivity index is 1.72. The van der Waals surface area contributed by atoms with Gasteiger partial charge in [-0.2, -0.15) is 0 Å². The molecular formula is C23H18BrClO4. The Hall–Kier alpha value is -2.63. The lowest BCUT2D eigenvalue weighted by atomic mass is 10.0. The number of rotatable bonds is 8. The summed E-state index contributed by atoms with van der Waals surface area (Å²) in [6.45, 7) is -0.0788. The van der Waals surface area contributed by atoms with Gasteiger partial charge in [-0.15, -0.1) is 0 Å². The van der Waals surface area contributed by atoms with E-state index in [1.54, 1.807) is 42.5 Å². The Morgan fingerprint density at radius 1 is 0.931 bits per heavy atom. The molecule has 0 fully saturated rings. The molecule has 0 saturated heterocycles. The van der Waals surface area contributed by atoms with Gasteiger partial charge in [0.15, 0.2) is 12.4 Å². The van der Waals surface area contributed by atoms with Gasteiger partial charge in [0.25, 0.3) is 0 Å². The molecular weight excluding hydrogens is 456 g/mol. The molecule has 0 atom stereocenters. The van der Waals surface area contributed by atoms with Gasteiger partial charge in [0.05, 0.1) is 10.0 Å². The first kappa shape index (κ1) is 21.1. The van der Waals surface area contributed by atoms with Crippen molar-refractivity contribution in [3.05, 3.63) is 98.5 Å². The minimum atomic E-state index is -0.950. The second-order valence-corrected chi connectivity index (χ2v) is 7.75. The summed E-state index contributed by atoms with van der Waals surface area (Å²) < 4.78 is 6.53. The van der Waals surface area contributed by atoms with Gasteiger partial charge in [-0.25, -0.2) is 4.79 Å². The molecule has 0 saturated carbocycles. The molecule has 0 heterocycles. The van der Waals surface area contributed by atoms with E-state index in [0.717, 1.165) is 11.1 Å². The zero-order valence-electron chi connectivity index (χ0n) is 15.4. The van der Waals surface area contributed by atoms with Crippen molar-refractivity contribution in [1.82, 2.24) is 0 Å². The summed E-state index contributed by atoms with van der Waals surface area (Å²) in [4.78, 5) is 23.3. The summed E-state index contributed by atoms with van der Waals surface area (Å²) in [6, 6.07) is 19.3. The van der Waals surface area contributed by atoms with Gasteiger partial charge in [-0.1, -0.05) is 54.1 Å². The number of Topliss-reactive ketones (excluding diaryl/α,β-unsaturated/α-hetero) is 1. The highest BCUT2D eigenvalue weighted by atomic mass is 79.9. The van der Waals surface area contributed by atoms with Gasteiger partial charge in [0, 0.05) is 10.6 Å². The van der Waals surface area contributed by atoms with E-state index < -0.39 is 5.97 Å². The fourth-order valence-corrected chi connectivity index (χ4v) is 3.89. The van der Waals surface area contributed by atoms with E-state index in [0.29, 0.717) is 33.6 Å². The summed E-state index contributed by atoms with van der Waals surface area (Å²) in [6.07, 6.45) is 1.30. The number of carboxylic acid groups (broad SMARTS) is 1. The summed E-state index contributed by atoms with van der Waals surface area (Å²) >= 11 is 9.67. The molecule has 4 nitrogen and oxygen atoms in total. The molecule has 0 aromatic heterocycles. The van der Waals surface area contributed by atoms with Crippen molar-refractivity contribution in [3.63, 3.8) is 0 Å². The van der Waals surface area contributed by atoms with Crippen LogP contribution >= 0.6 is 27.5 Å². The topological polar surface area (TPSA) is 63.6 Å². The Kier molecular flexibility index (Phi) is 7.07. The lowest BCUT2D eigenvalue weighted by Gasteiger charge is -2.14. The Bertz CT molecular complexity index is 1020. The average Bonchev–Trinajstić information content (AvgIpc) is 2.72. The largest absolute Gasteiger partial charge is 0.484 e. The van der Waals surface area contributed by atoms with Crippen LogP contribution in [0.15, 0.2) is 71.2 Å². The fraction of sp³-hybridized carbons (Fsp3) is 0.130. The van der Waals surface area contributed by atoms with Crippen molar-refractivity contribution >= 4 is 39.3 Å². The maximum atomic E-state index is 12.4. The third-order valence-corrected chi connectivity index (χ3v) is 5.22. The molecule has 3 aromatic rings. The Morgan fingerprint density at radius 3 is 2.28 bits per heavy atom. The molecule has 148 valence electrons. The zero-order chi connectivity index (χ0) is 20.8. The number of aryl methyl sites for hydroxylation is 2. The van der Waals surface area contributed by atoms with Crippen LogP contribution in [0.3, 0.4) is 0 Å². The summed E-state index contributed by atoms with van der Waals surface area (Å²) in [7, 11) is 0. The van der Waals surface area contributed by atoms with E-state index in [2.05, 4.69) is 15.9 Å². The van der Waals surface area contributed by atoms with Crippen LogP contribution < -0.4 is 4.74 Å². The highest BCUT2D eigenvalue weighted by molar-refractivity contribution is 9.10. The van der Waals surface area contributed by atoms with E-state index in [-0.39, 0.29) is 18.0 Å². The average molecular weight is 474 g/mol. The third-order valence-electron chi connectivity index (χ3n) is 4.41. The van der Waals surface area contributed by atoms with Gasteiger partial charge in [-0.3, -0.25) is 4.79 Å². The highest BCUT2D eigenvalue weighted by Gasteiger charge is 2.14. The molecule has 0 spiro atoms. The number of carbonyl (C=O) groups is 2. The van der Waals surface area contributed by atoms with Crippen LogP contribution in [-0.4, -0.2) is 23.5 Å². The normalized spacial score (nSPS) is 10.6. The second-order valence-electron chi connectivity index (χ2n) is 6.46. The number of carboxylic acids is 1. The number of ether oxygens (including phenoxy) is 1. The summed E-state index contributed by atoms with van der Waals surface area (Å²) in [5.41, 5.74) is 2.71. The second kappa shape index (κ2) is 9.72. The van der Waals surface area contributed by atoms with Gasteiger partial charge >= 0.3 is 5.97 Å². The van der Waals surface area contributed by atoms with Crippen LogP contribution in [-0.2, 0) is 12.8 Å². The van der Waals surface area contributed by atoms with Crippen LogP contribution in [0.1, 0.15) is 31.8 Å². The van der Waals surface area contributed by atoms with Crippen LogP contribution in [0.25, 0.3) is 0 Å². The number of aromatic carboxylic acids is 1. The smallest absolute Gasteiger partial charge is 0.335 e. The Labute approximate surface area is 182 Å². The van der Waals surface area contributed by atoms with Crippen molar-refractivity contribution in [1.29, 1.82) is 0 Å². The van der Waals surface area contributed by atoms with Crippen LogP contribution in [0, 0.1) is 0 Å². The third kappa shape index (κ3) is 5.68. The maximum Gasteiger partial charge on any atom is 0.335 e. The van der Waals surface area contributed by atoms with Gasteiger partial charge in [0.1, 0.15) is 5.75 Å². The number of hydrogen-bond donors (Lipinski definition) is 1. The number of hydrogen-bond acceptors (Lipinski definition) is 3. The number of benzene rings is 3. The molecule has 0 bridgehead atoms. The summed E-state index contributed by atoms with van der Waals surface area (Å²) in [5, 5.41) is 9.57. The van der Waals surface area contributed by atoms with Crippen molar-refractivity contribution in [2.75, 3.05) is 6.61 Å². The van der Waals surface area contributed by atoms with Gasteiger partial charge in [0.2, 0.25) is 0 Å². The van der Waals surface area contributed by atoms with Crippen molar-refractivity contribution in [3.8, 4) is 5.75 Å². The minimum absolute atomic E-state index is 0.0788. The van der Waals surface area contributed by atoms with E-state index in [1.165, 1.54) is 0 Å². The van der Waals surface area contributed by atoms with Crippen molar-refractivity contribution in [2.45, 2.75) is 12.8 Å². The van der Waals surface area contributed by atoms with Crippen LogP contribution in [0.4, 0.5) is 0 Å². The molecule has 3 aromatic carbocycles. The Morgan fingerprint density at radius 2 is 1.62 bits per heavy atom. The van der Waals surface area contributed by atoms with Crippen LogP contribution in [0.5, 0.6) is 5.75 Å². The number of carbonyl (C=O) groups excluding carboxylic acids is 1. The SMILES string of the molecule is O=C(O)c1ccc(CCc2cc(Cl)cc(Br)c2OCC(=O)c2ccccc2)cc1. The lowest BCUT2D eigenvalue weighted by molar-refractivity contribution is 0.0696. The molecule has 3 rings (SSSR count). The molecule has 0 unspecified atom stereocenters. The van der Waals surface area contributed by atoms with Crippen LogP contribution in [0.2, 0.25) is 5.02 Å². The number of halogens is 2. The maximum absolute atomic E-state index is 12.4.